The van der Waals surface area contributed by atoms with Crippen LogP contribution in [-0.4, -0.2) is 68.7 Å². The zero-order valence-corrected chi connectivity index (χ0v) is 18.1. The molecule has 0 aliphatic carbocycles. The maximum atomic E-state index is 12.5. The fourth-order valence-electron chi connectivity index (χ4n) is 2.92. The van der Waals surface area contributed by atoms with Crippen molar-refractivity contribution in [2.24, 2.45) is 0 Å². The van der Waals surface area contributed by atoms with E-state index in [9.17, 15) is 19.7 Å². The van der Waals surface area contributed by atoms with E-state index < -0.39 is 4.92 Å². The minimum Gasteiger partial charge on any atom is -0.335 e. The number of Topliss-reactive ketones (excluding diaryl/α,β-unsaturated/α-hetero) is 1. The van der Waals surface area contributed by atoms with Crippen LogP contribution in [0.2, 0.25) is 0 Å². The largest absolute Gasteiger partial charge is 0.335 e. The van der Waals surface area contributed by atoms with E-state index in [0.29, 0.717) is 55.3 Å². The van der Waals surface area contributed by atoms with Crippen LogP contribution in [0.3, 0.4) is 0 Å². The number of rotatable bonds is 6. The summed E-state index contributed by atoms with van der Waals surface area (Å²) in [4.78, 5) is 39.4. The van der Waals surface area contributed by atoms with E-state index in [1.807, 2.05) is 0 Å². The van der Waals surface area contributed by atoms with Crippen molar-refractivity contribution >= 4 is 53.7 Å². The van der Waals surface area contributed by atoms with Gasteiger partial charge in [-0.1, -0.05) is 4.49 Å². The quantitative estimate of drug-likeness (QED) is 0.369. The number of hydrogen-bond acceptors (Lipinski definition) is 8. The van der Waals surface area contributed by atoms with E-state index in [0.717, 1.165) is 11.5 Å². The van der Waals surface area contributed by atoms with Gasteiger partial charge in [-0.05, 0) is 30.6 Å². The van der Waals surface area contributed by atoms with Crippen LogP contribution in [0.5, 0.6) is 0 Å². The molecule has 0 bridgehead atoms. The van der Waals surface area contributed by atoms with E-state index >= 15 is 0 Å². The molecule has 12 heteroatoms. The lowest BCUT2D eigenvalue weighted by atomic mass is 10.1. The van der Waals surface area contributed by atoms with E-state index in [2.05, 4.69) is 14.5 Å². The molecule has 1 amide bonds. The Bertz CT molecular complexity index is 854. The molecular weight excluding hydrogens is 441 g/mol. The summed E-state index contributed by atoms with van der Waals surface area (Å²) in [5.41, 5.74) is 1.10. The van der Waals surface area contributed by atoms with Crippen LogP contribution in [0.4, 0.5) is 5.69 Å². The van der Waals surface area contributed by atoms with Crippen molar-refractivity contribution in [2.75, 3.05) is 32.7 Å². The predicted octanol–water partition coefficient (Wildman–Crippen LogP) is 2.63. The number of halogens is 2. The number of aromatic nitrogens is 2. The van der Waals surface area contributed by atoms with Gasteiger partial charge in [0.05, 0.1) is 10.6 Å². The third-order valence-electron chi connectivity index (χ3n) is 4.56. The SMILES string of the molecule is Cc1nnsc1C(=O)N1CCN(CCC(=O)c2ccc([N+](=O)[O-])cc2)CC1.Cl.Cl. The molecule has 1 aromatic heterocycles. The molecule has 2 aromatic rings. The topological polar surface area (TPSA) is 110 Å². The first-order valence-electron chi connectivity index (χ1n) is 8.54. The van der Waals surface area contributed by atoms with Crippen molar-refractivity contribution < 1.29 is 14.5 Å². The second-order valence-electron chi connectivity index (χ2n) is 6.30. The summed E-state index contributed by atoms with van der Waals surface area (Å²) in [7, 11) is 0. The second-order valence-corrected chi connectivity index (χ2v) is 7.05. The van der Waals surface area contributed by atoms with Gasteiger partial charge in [-0.25, -0.2) is 0 Å². The third kappa shape index (κ3) is 6.17. The van der Waals surface area contributed by atoms with Crippen molar-refractivity contribution in [3.05, 3.63) is 50.5 Å². The van der Waals surface area contributed by atoms with Crippen LogP contribution in [0.15, 0.2) is 24.3 Å². The van der Waals surface area contributed by atoms with Crippen LogP contribution in [0.25, 0.3) is 0 Å². The maximum Gasteiger partial charge on any atom is 0.269 e. The average molecular weight is 462 g/mol. The molecule has 0 N–H and O–H groups in total. The zero-order valence-electron chi connectivity index (χ0n) is 15.6. The Kier molecular flexibility index (Phi) is 9.57. The lowest BCUT2D eigenvalue weighted by Gasteiger charge is -2.34. The maximum absolute atomic E-state index is 12.5. The van der Waals surface area contributed by atoms with Gasteiger partial charge in [0, 0.05) is 56.8 Å². The molecule has 1 fully saturated rings. The highest BCUT2D eigenvalue weighted by Gasteiger charge is 2.25. The number of piperazine rings is 1. The number of ketones is 1. The van der Waals surface area contributed by atoms with E-state index in [-0.39, 0.29) is 42.2 Å². The highest BCUT2D eigenvalue weighted by Crippen LogP contribution is 2.16. The van der Waals surface area contributed by atoms with Crippen LogP contribution in [0.1, 0.15) is 32.1 Å². The number of carbonyl (C=O) groups is 2. The number of hydrogen-bond donors (Lipinski definition) is 0. The van der Waals surface area contributed by atoms with Gasteiger partial charge in [0.2, 0.25) is 0 Å². The van der Waals surface area contributed by atoms with Gasteiger partial charge in [0.1, 0.15) is 4.88 Å². The summed E-state index contributed by atoms with van der Waals surface area (Å²) in [5.74, 6) is -0.0844. The molecule has 0 spiro atoms. The normalized spacial score (nSPS) is 13.9. The van der Waals surface area contributed by atoms with Gasteiger partial charge in [-0.2, -0.15) is 0 Å². The molecule has 0 atom stereocenters. The molecule has 1 aliphatic heterocycles. The van der Waals surface area contributed by atoms with Gasteiger partial charge in [-0.3, -0.25) is 24.6 Å². The molecule has 1 saturated heterocycles. The molecule has 158 valence electrons. The van der Waals surface area contributed by atoms with Gasteiger partial charge < -0.3 is 4.90 Å². The van der Waals surface area contributed by atoms with Crippen molar-refractivity contribution in [3.63, 3.8) is 0 Å². The van der Waals surface area contributed by atoms with Crippen molar-refractivity contribution in [3.8, 4) is 0 Å². The fraction of sp³-hybridized carbons (Fsp3) is 0.412. The van der Waals surface area contributed by atoms with Crippen molar-refractivity contribution in [2.45, 2.75) is 13.3 Å². The van der Waals surface area contributed by atoms with Gasteiger partial charge in [0.15, 0.2) is 5.78 Å². The Balaban J connectivity index is 0.00000210. The Morgan fingerprint density at radius 2 is 1.76 bits per heavy atom. The summed E-state index contributed by atoms with van der Waals surface area (Å²) >= 11 is 1.11. The van der Waals surface area contributed by atoms with Crippen molar-refractivity contribution in [1.29, 1.82) is 0 Å². The third-order valence-corrected chi connectivity index (χ3v) is 5.38. The summed E-state index contributed by atoms with van der Waals surface area (Å²) < 4.78 is 3.80. The van der Waals surface area contributed by atoms with Gasteiger partial charge >= 0.3 is 0 Å². The first-order valence-corrected chi connectivity index (χ1v) is 9.31. The average Bonchev–Trinajstić information content (AvgIpc) is 3.12. The standard InChI is InChI=1S/C17H19N5O4S.2ClH/c1-12-16(27-19-18-12)17(24)21-10-8-20(9-11-21)7-6-15(23)13-2-4-14(5-3-13)22(25)26;;/h2-5H,6-11H2,1H3;2*1H. The molecule has 9 nitrogen and oxygen atoms in total. The number of nitrogens with zero attached hydrogens (tertiary/aromatic N) is 5. The summed E-state index contributed by atoms with van der Waals surface area (Å²) in [6.45, 7) is 4.97. The van der Waals surface area contributed by atoms with Crippen LogP contribution in [0, 0.1) is 17.0 Å². The van der Waals surface area contributed by atoms with Crippen LogP contribution >= 0.6 is 36.3 Å². The molecule has 0 radical (unpaired) electrons. The van der Waals surface area contributed by atoms with Gasteiger partial charge in [0.25, 0.3) is 11.6 Å². The molecule has 1 aliphatic rings. The Hall–Kier alpha value is -2.14. The number of benzene rings is 1. The zero-order chi connectivity index (χ0) is 19.4. The lowest BCUT2D eigenvalue weighted by Crippen LogP contribution is -2.49. The number of amides is 1. The molecule has 0 saturated carbocycles. The molecule has 29 heavy (non-hydrogen) atoms. The summed E-state index contributed by atoms with van der Waals surface area (Å²) in [6.07, 6.45) is 0.337. The first-order chi connectivity index (χ1) is 13.0. The monoisotopic (exact) mass is 461 g/mol. The molecular formula is C17H21Cl2N5O4S. The number of nitro groups is 1. The van der Waals surface area contributed by atoms with E-state index in [1.165, 1.54) is 24.3 Å². The first kappa shape index (κ1) is 24.9. The predicted molar refractivity (Wildman–Crippen MR) is 114 cm³/mol. The number of carbonyl (C=O) groups excluding carboxylic acids is 2. The fourth-order valence-corrected chi connectivity index (χ4v) is 3.54. The van der Waals surface area contributed by atoms with E-state index in [4.69, 9.17) is 0 Å². The highest BCUT2D eigenvalue weighted by atomic mass is 35.5. The van der Waals surface area contributed by atoms with Crippen LogP contribution in [-0.2, 0) is 0 Å². The lowest BCUT2D eigenvalue weighted by molar-refractivity contribution is -0.384. The van der Waals surface area contributed by atoms with Gasteiger partial charge in [-0.15, -0.1) is 29.9 Å². The molecule has 3 rings (SSSR count). The number of non-ortho nitro benzene ring substituents is 1. The molecule has 0 unspecified atom stereocenters. The van der Waals surface area contributed by atoms with E-state index in [1.54, 1.807) is 11.8 Å². The minimum absolute atomic E-state index is 0. The molecule has 2 heterocycles. The van der Waals surface area contributed by atoms with Crippen molar-refractivity contribution in [1.82, 2.24) is 19.4 Å². The smallest absolute Gasteiger partial charge is 0.269 e. The Morgan fingerprint density at radius 1 is 1.14 bits per heavy atom. The molecule has 1 aromatic carbocycles. The highest BCUT2D eigenvalue weighted by molar-refractivity contribution is 7.07. The minimum atomic E-state index is -0.487. The second kappa shape index (κ2) is 11.1. The Morgan fingerprint density at radius 3 is 2.28 bits per heavy atom. The van der Waals surface area contributed by atoms with Crippen LogP contribution < -0.4 is 0 Å². The Labute approximate surface area is 184 Å². The number of nitro benzene ring substituents is 1. The summed E-state index contributed by atoms with van der Waals surface area (Å²) in [5, 5.41) is 14.5. The number of aryl methyl sites for hydroxylation is 1. The summed E-state index contributed by atoms with van der Waals surface area (Å²) in [6, 6.07) is 5.66.